The van der Waals surface area contributed by atoms with Gasteiger partial charge in [-0.1, -0.05) is 11.3 Å². The first kappa shape index (κ1) is 27.6. The Bertz CT molecular complexity index is 1600. The normalized spacial score (nSPS) is 17.4. The Balaban J connectivity index is 1.67. The highest BCUT2D eigenvalue weighted by Crippen LogP contribution is 2.42. The van der Waals surface area contributed by atoms with Gasteiger partial charge in [-0.15, -0.1) is 0 Å². The highest BCUT2D eigenvalue weighted by molar-refractivity contribution is 7.07. The minimum atomic E-state index is -0.827. The molecule has 11 heteroatoms. The fourth-order valence-electron chi connectivity index (χ4n) is 5.20. The standard InChI is InChI=1S/C29H33N3O7S/c1-6-38-28(34)24-17(2)30-29-32(25(24)18-14-20(35-3)26(37-5)21(15-18)36-4)27(33)22(40-29)16-19-10-11-23(39-19)31-12-8-7-9-13-31/h10-11,14-16,25H,6-9,12-13H2,1-5H3/b22-16+. The fraction of sp³-hybridized carbons (Fsp3) is 0.414. The Hall–Kier alpha value is -3.99. The van der Waals surface area contributed by atoms with E-state index in [-0.39, 0.29) is 17.7 Å². The third kappa shape index (κ3) is 5.01. The average molecular weight is 568 g/mol. The lowest BCUT2D eigenvalue weighted by atomic mass is 9.95. The van der Waals surface area contributed by atoms with Crippen molar-refractivity contribution in [2.45, 2.75) is 39.2 Å². The van der Waals surface area contributed by atoms with Gasteiger partial charge in [-0.25, -0.2) is 9.79 Å². The van der Waals surface area contributed by atoms with Crippen molar-refractivity contribution in [1.82, 2.24) is 4.57 Å². The van der Waals surface area contributed by atoms with Gasteiger partial charge in [-0.2, -0.15) is 0 Å². The van der Waals surface area contributed by atoms with E-state index in [1.165, 1.54) is 43.7 Å². The van der Waals surface area contributed by atoms with Gasteiger partial charge in [-0.3, -0.25) is 9.36 Å². The van der Waals surface area contributed by atoms with E-state index in [2.05, 4.69) is 9.89 Å². The molecule has 0 saturated carbocycles. The summed E-state index contributed by atoms with van der Waals surface area (Å²) < 4.78 is 30.1. The molecule has 1 unspecified atom stereocenters. The summed E-state index contributed by atoms with van der Waals surface area (Å²) in [5, 5.41) is 0. The number of furan rings is 1. The van der Waals surface area contributed by atoms with Crippen LogP contribution in [0.3, 0.4) is 0 Å². The van der Waals surface area contributed by atoms with Crippen LogP contribution in [0.25, 0.3) is 6.08 Å². The van der Waals surface area contributed by atoms with Crippen LogP contribution in [0.5, 0.6) is 17.2 Å². The maximum absolute atomic E-state index is 13.9. The predicted octanol–water partition coefficient (Wildman–Crippen LogP) is 3.41. The highest BCUT2D eigenvalue weighted by atomic mass is 32.1. The van der Waals surface area contributed by atoms with Crippen LogP contribution in [0, 0.1) is 0 Å². The number of carbonyl (C=O) groups is 1. The van der Waals surface area contributed by atoms with Crippen LogP contribution in [0.2, 0.25) is 0 Å². The first-order valence-corrected chi connectivity index (χ1v) is 14.1. The van der Waals surface area contributed by atoms with Crippen LogP contribution in [-0.2, 0) is 9.53 Å². The first-order chi connectivity index (χ1) is 19.4. The van der Waals surface area contributed by atoms with Crippen molar-refractivity contribution in [2.24, 2.45) is 4.99 Å². The minimum absolute atomic E-state index is 0.180. The third-order valence-corrected chi connectivity index (χ3v) is 8.06. The molecule has 2 aromatic heterocycles. The molecule has 0 spiro atoms. The lowest BCUT2D eigenvalue weighted by Crippen LogP contribution is -2.40. The quantitative estimate of drug-likeness (QED) is 0.382. The van der Waals surface area contributed by atoms with Crippen molar-refractivity contribution in [1.29, 1.82) is 0 Å². The van der Waals surface area contributed by atoms with Crippen LogP contribution in [0.1, 0.15) is 50.5 Å². The largest absolute Gasteiger partial charge is 0.493 e. The monoisotopic (exact) mass is 567 g/mol. The number of thiazole rings is 1. The molecule has 1 aromatic carbocycles. The molecular weight excluding hydrogens is 534 g/mol. The maximum Gasteiger partial charge on any atom is 0.338 e. The second-order valence-corrected chi connectivity index (χ2v) is 10.5. The molecule has 2 aliphatic heterocycles. The van der Waals surface area contributed by atoms with Gasteiger partial charge in [0.25, 0.3) is 5.56 Å². The summed E-state index contributed by atoms with van der Waals surface area (Å²) in [6.07, 6.45) is 5.23. The van der Waals surface area contributed by atoms with E-state index in [4.69, 9.17) is 23.4 Å². The minimum Gasteiger partial charge on any atom is -0.493 e. The number of methoxy groups -OCH3 is 3. The van der Waals surface area contributed by atoms with Crippen molar-refractivity contribution in [2.75, 3.05) is 45.9 Å². The SMILES string of the molecule is CCOC(=O)C1=C(C)N=c2s/c(=C/c3ccc(N4CCCCC4)o3)c(=O)n2C1c1cc(OC)c(OC)c(OC)c1. The summed E-state index contributed by atoms with van der Waals surface area (Å²) in [4.78, 5) is 34.5. The maximum atomic E-state index is 13.9. The number of ether oxygens (including phenoxy) is 4. The molecule has 1 saturated heterocycles. The number of fused-ring (bicyclic) bond motifs is 1. The van der Waals surface area contributed by atoms with E-state index in [1.54, 1.807) is 32.1 Å². The first-order valence-electron chi connectivity index (χ1n) is 13.2. The lowest BCUT2D eigenvalue weighted by Gasteiger charge is -2.26. The van der Waals surface area contributed by atoms with E-state index in [0.29, 0.717) is 43.6 Å². The molecule has 2 aliphatic rings. The summed E-state index contributed by atoms with van der Waals surface area (Å²) in [6.45, 7) is 5.57. The summed E-state index contributed by atoms with van der Waals surface area (Å²) in [5.74, 6) is 2.04. The number of benzene rings is 1. The molecule has 5 rings (SSSR count). The Morgan fingerprint density at radius 1 is 1.10 bits per heavy atom. The number of nitrogens with zero attached hydrogens (tertiary/aromatic N) is 3. The number of anilines is 1. The zero-order chi connectivity index (χ0) is 28.4. The van der Waals surface area contributed by atoms with Crippen LogP contribution in [0.4, 0.5) is 5.88 Å². The average Bonchev–Trinajstić information content (AvgIpc) is 3.56. The van der Waals surface area contributed by atoms with Gasteiger partial charge < -0.3 is 28.3 Å². The highest BCUT2D eigenvalue weighted by Gasteiger charge is 2.34. The molecule has 0 aliphatic carbocycles. The van der Waals surface area contributed by atoms with Gasteiger partial charge in [-0.05, 0) is 56.9 Å². The second kappa shape index (κ2) is 11.6. The molecular formula is C29H33N3O7S. The molecule has 0 N–H and O–H groups in total. The molecule has 1 fully saturated rings. The second-order valence-electron chi connectivity index (χ2n) is 9.48. The molecule has 40 heavy (non-hydrogen) atoms. The van der Waals surface area contributed by atoms with Crippen molar-refractivity contribution in [3.8, 4) is 17.2 Å². The molecule has 10 nitrogen and oxygen atoms in total. The Morgan fingerprint density at radius 3 is 2.42 bits per heavy atom. The number of hydrogen-bond acceptors (Lipinski definition) is 10. The zero-order valence-corrected chi connectivity index (χ0v) is 24.1. The van der Waals surface area contributed by atoms with E-state index in [1.807, 2.05) is 12.1 Å². The number of piperidine rings is 1. The van der Waals surface area contributed by atoms with E-state index < -0.39 is 12.0 Å². The van der Waals surface area contributed by atoms with Crippen LogP contribution < -0.4 is 34.0 Å². The summed E-state index contributed by atoms with van der Waals surface area (Å²) in [6, 6.07) is 6.45. The van der Waals surface area contributed by atoms with Gasteiger partial charge in [0.15, 0.2) is 22.2 Å². The van der Waals surface area contributed by atoms with Crippen LogP contribution in [-0.4, -0.2) is 51.6 Å². The summed E-state index contributed by atoms with van der Waals surface area (Å²) >= 11 is 1.24. The Morgan fingerprint density at radius 2 is 1.80 bits per heavy atom. The van der Waals surface area contributed by atoms with E-state index in [9.17, 15) is 9.59 Å². The molecule has 0 amide bonds. The molecule has 4 heterocycles. The smallest absolute Gasteiger partial charge is 0.338 e. The molecule has 1 atom stereocenters. The van der Waals surface area contributed by atoms with Crippen LogP contribution >= 0.6 is 11.3 Å². The summed E-state index contributed by atoms with van der Waals surface area (Å²) in [7, 11) is 4.55. The van der Waals surface area contributed by atoms with E-state index >= 15 is 0 Å². The zero-order valence-electron chi connectivity index (χ0n) is 23.3. The third-order valence-electron chi connectivity index (χ3n) is 7.07. The van der Waals surface area contributed by atoms with Crippen LogP contribution in [0.15, 0.2) is 49.7 Å². The Labute approximate surface area is 235 Å². The number of rotatable bonds is 8. The Kier molecular flexibility index (Phi) is 8.02. The molecule has 0 bridgehead atoms. The van der Waals surface area contributed by atoms with E-state index in [0.717, 1.165) is 31.8 Å². The van der Waals surface area contributed by atoms with Crippen molar-refractivity contribution >= 4 is 29.3 Å². The van der Waals surface area contributed by atoms with Crippen molar-refractivity contribution < 1.29 is 28.2 Å². The number of allylic oxidation sites excluding steroid dienone is 1. The topological polar surface area (TPSA) is 105 Å². The van der Waals surface area contributed by atoms with Gasteiger partial charge in [0.1, 0.15) is 5.76 Å². The fourth-order valence-corrected chi connectivity index (χ4v) is 6.23. The number of carbonyl (C=O) groups excluding carboxylic acids is 1. The van der Waals surface area contributed by atoms with Gasteiger partial charge >= 0.3 is 5.97 Å². The number of esters is 1. The van der Waals surface area contributed by atoms with Gasteiger partial charge in [0.2, 0.25) is 5.75 Å². The molecule has 212 valence electrons. The van der Waals surface area contributed by atoms with Gasteiger partial charge in [0.05, 0.1) is 49.8 Å². The van der Waals surface area contributed by atoms with Gasteiger partial charge in [0, 0.05) is 25.2 Å². The van der Waals surface area contributed by atoms with Crippen molar-refractivity contribution in [3.63, 3.8) is 0 Å². The molecule has 3 aromatic rings. The predicted molar refractivity (Wildman–Crippen MR) is 151 cm³/mol. The van der Waals surface area contributed by atoms with Crippen molar-refractivity contribution in [3.05, 3.63) is 66.5 Å². The number of aromatic nitrogens is 1. The number of hydrogen-bond donors (Lipinski definition) is 0. The molecule has 0 radical (unpaired) electrons. The summed E-state index contributed by atoms with van der Waals surface area (Å²) in [5.41, 5.74) is 1.02. The lowest BCUT2D eigenvalue weighted by molar-refractivity contribution is -0.139.